The van der Waals surface area contributed by atoms with Gasteiger partial charge < -0.3 is 14.8 Å². The van der Waals surface area contributed by atoms with E-state index in [0.717, 1.165) is 35.6 Å². The van der Waals surface area contributed by atoms with Gasteiger partial charge in [0.1, 0.15) is 0 Å². The van der Waals surface area contributed by atoms with Gasteiger partial charge in [-0.05, 0) is 24.7 Å². The van der Waals surface area contributed by atoms with E-state index < -0.39 is 0 Å². The molecular formula is C17H28N2O2. The van der Waals surface area contributed by atoms with Gasteiger partial charge in [-0.15, -0.1) is 0 Å². The van der Waals surface area contributed by atoms with Crippen LogP contribution in [0.3, 0.4) is 0 Å². The molecule has 1 aliphatic carbocycles. The van der Waals surface area contributed by atoms with Crippen molar-refractivity contribution in [1.82, 2.24) is 10.3 Å². The highest BCUT2D eigenvalue weighted by atomic mass is 16.5. The van der Waals surface area contributed by atoms with Crippen molar-refractivity contribution in [2.75, 3.05) is 14.2 Å². The third-order valence-corrected chi connectivity index (χ3v) is 4.57. The average molecular weight is 292 g/mol. The molecule has 0 aliphatic heterocycles. The summed E-state index contributed by atoms with van der Waals surface area (Å²) < 4.78 is 10.8. The fraction of sp³-hybridized carbons (Fsp3) is 0.706. The van der Waals surface area contributed by atoms with Gasteiger partial charge in [0.2, 0.25) is 0 Å². The monoisotopic (exact) mass is 292 g/mol. The maximum Gasteiger partial charge on any atom is 0.183 e. The summed E-state index contributed by atoms with van der Waals surface area (Å²) in [6, 6.07) is 2.41. The predicted octanol–water partition coefficient (Wildman–Crippen LogP) is 3.40. The molecule has 4 nitrogen and oxygen atoms in total. The maximum absolute atomic E-state index is 5.45. The first-order chi connectivity index (χ1) is 10.2. The average Bonchev–Trinajstić information content (AvgIpc) is 2.52. The third kappa shape index (κ3) is 3.88. The topological polar surface area (TPSA) is 43.4 Å². The normalized spacial score (nSPS) is 22.3. The molecule has 0 amide bonds. The van der Waals surface area contributed by atoms with Crippen LogP contribution in [0.15, 0.2) is 12.3 Å². The number of nitrogens with one attached hydrogen (secondary N) is 1. The molecule has 2 atom stereocenters. The van der Waals surface area contributed by atoms with Gasteiger partial charge >= 0.3 is 0 Å². The number of hydrogen-bond donors (Lipinski definition) is 1. The molecule has 1 fully saturated rings. The highest BCUT2D eigenvalue weighted by molar-refractivity contribution is 5.42. The molecule has 118 valence electrons. The van der Waals surface area contributed by atoms with Gasteiger partial charge in [0.25, 0.3) is 0 Å². The first kappa shape index (κ1) is 16.1. The lowest BCUT2D eigenvalue weighted by molar-refractivity contribution is 0.203. The molecule has 2 unspecified atom stereocenters. The van der Waals surface area contributed by atoms with Crippen molar-refractivity contribution < 1.29 is 9.47 Å². The molecule has 1 aromatic heterocycles. The van der Waals surface area contributed by atoms with Gasteiger partial charge in [0.05, 0.1) is 19.9 Å². The largest absolute Gasteiger partial charge is 0.493 e. The van der Waals surface area contributed by atoms with E-state index in [1.165, 1.54) is 25.7 Å². The van der Waals surface area contributed by atoms with E-state index in [4.69, 9.17) is 9.47 Å². The Balaban J connectivity index is 2.05. The molecule has 1 aromatic rings. The van der Waals surface area contributed by atoms with Gasteiger partial charge in [0.15, 0.2) is 11.5 Å². The molecule has 0 saturated heterocycles. The molecule has 0 aromatic carbocycles. The second-order valence-corrected chi connectivity index (χ2v) is 6.17. The molecule has 1 heterocycles. The summed E-state index contributed by atoms with van der Waals surface area (Å²) in [7, 11) is 3.32. The highest BCUT2D eigenvalue weighted by Gasteiger charge is 2.27. The second kappa shape index (κ2) is 7.64. The summed E-state index contributed by atoms with van der Waals surface area (Å²) >= 11 is 0. The van der Waals surface area contributed by atoms with Crippen LogP contribution >= 0.6 is 0 Å². The van der Waals surface area contributed by atoms with Crippen LogP contribution in [-0.4, -0.2) is 25.2 Å². The summed E-state index contributed by atoms with van der Waals surface area (Å²) in [5.41, 5.74) is 0.921. The third-order valence-electron chi connectivity index (χ3n) is 4.57. The Morgan fingerprint density at radius 2 is 2.00 bits per heavy atom. The Bertz CT molecular complexity index is 448. The summed E-state index contributed by atoms with van der Waals surface area (Å²) in [5, 5.41) is 3.70. The fourth-order valence-corrected chi connectivity index (χ4v) is 3.42. The standard InChI is InChI=1S/C17H28N2O2/c1-12(2)13-7-5-6-8-14(13)19-11-15-17(21-4)16(20-3)9-10-18-15/h9-10,12-14,19H,5-8,11H2,1-4H3. The fourth-order valence-electron chi connectivity index (χ4n) is 3.42. The van der Waals surface area contributed by atoms with Gasteiger partial charge in [-0.1, -0.05) is 26.7 Å². The van der Waals surface area contributed by atoms with Crippen molar-refractivity contribution in [3.05, 3.63) is 18.0 Å². The van der Waals surface area contributed by atoms with Gasteiger partial charge in [-0.25, -0.2) is 0 Å². The molecular weight excluding hydrogens is 264 g/mol. The Kier molecular flexibility index (Phi) is 5.85. The molecule has 0 bridgehead atoms. The quantitative estimate of drug-likeness (QED) is 0.872. The SMILES string of the molecule is COc1ccnc(CNC2CCCCC2C(C)C)c1OC. The van der Waals surface area contributed by atoms with Crippen molar-refractivity contribution in [3.63, 3.8) is 0 Å². The number of ether oxygens (including phenoxy) is 2. The zero-order valence-electron chi connectivity index (χ0n) is 13.7. The zero-order valence-corrected chi connectivity index (χ0v) is 13.7. The van der Waals surface area contributed by atoms with Crippen LogP contribution < -0.4 is 14.8 Å². The number of nitrogens with zero attached hydrogens (tertiary/aromatic N) is 1. The summed E-state index contributed by atoms with van der Waals surface area (Å²) in [5.74, 6) is 2.97. The molecule has 1 saturated carbocycles. The van der Waals surface area contributed by atoms with Crippen LogP contribution in [0.25, 0.3) is 0 Å². The van der Waals surface area contributed by atoms with Gasteiger partial charge in [-0.3, -0.25) is 4.98 Å². The molecule has 1 N–H and O–H groups in total. The lowest BCUT2D eigenvalue weighted by Gasteiger charge is -2.35. The van der Waals surface area contributed by atoms with Crippen LogP contribution in [-0.2, 0) is 6.54 Å². The number of hydrogen-bond acceptors (Lipinski definition) is 4. The van der Waals surface area contributed by atoms with E-state index in [-0.39, 0.29) is 0 Å². The van der Waals surface area contributed by atoms with Crippen molar-refractivity contribution in [2.45, 2.75) is 52.1 Å². The van der Waals surface area contributed by atoms with Crippen molar-refractivity contribution in [3.8, 4) is 11.5 Å². The van der Waals surface area contributed by atoms with Crippen LogP contribution in [0.2, 0.25) is 0 Å². The first-order valence-corrected chi connectivity index (χ1v) is 7.96. The minimum Gasteiger partial charge on any atom is -0.493 e. The Hall–Kier alpha value is -1.29. The van der Waals surface area contributed by atoms with Crippen LogP contribution in [0.1, 0.15) is 45.2 Å². The Labute approximate surface area is 128 Å². The van der Waals surface area contributed by atoms with Gasteiger partial charge in [-0.2, -0.15) is 0 Å². The molecule has 21 heavy (non-hydrogen) atoms. The van der Waals surface area contributed by atoms with Crippen LogP contribution in [0.5, 0.6) is 11.5 Å². The predicted molar refractivity (Wildman–Crippen MR) is 84.8 cm³/mol. The van der Waals surface area contributed by atoms with Crippen molar-refractivity contribution in [1.29, 1.82) is 0 Å². The van der Waals surface area contributed by atoms with E-state index in [0.29, 0.717) is 6.04 Å². The molecule has 1 aliphatic rings. The second-order valence-electron chi connectivity index (χ2n) is 6.17. The van der Waals surface area contributed by atoms with E-state index in [2.05, 4.69) is 24.1 Å². The molecule has 0 spiro atoms. The smallest absolute Gasteiger partial charge is 0.183 e. The van der Waals surface area contributed by atoms with E-state index in [1.54, 1.807) is 20.4 Å². The number of aromatic nitrogens is 1. The maximum atomic E-state index is 5.45. The lowest BCUT2D eigenvalue weighted by Crippen LogP contribution is -2.40. The number of methoxy groups -OCH3 is 2. The summed E-state index contributed by atoms with van der Waals surface area (Å²) in [4.78, 5) is 4.44. The molecule has 0 radical (unpaired) electrons. The first-order valence-electron chi connectivity index (χ1n) is 7.96. The van der Waals surface area contributed by atoms with Crippen molar-refractivity contribution >= 4 is 0 Å². The van der Waals surface area contributed by atoms with Crippen LogP contribution in [0, 0.1) is 11.8 Å². The van der Waals surface area contributed by atoms with E-state index in [9.17, 15) is 0 Å². The molecule has 2 rings (SSSR count). The number of rotatable bonds is 6. The molecule has 4 heteroatoms. The van der Waals surface area contributed by atoms with E-state index >= 15 is 0 Å². The van der Waals surface area contributed by atoms with E-state index in [1.807, 2.05) is 6.07 Å². The minimum atomic E-state index is 0.580. The Morgan fingerprint density at radius 1 is 1.24 bits per heavy atom. The zero-order chi connectivity index (χ0) is 15.2. The summed E-state index contributed by atoms with van der Waals surface area (Å²) in [6.07, 6.45) is 7.05. The number of pyridine rings is 1. The minimum absolute atomic E-state index is 0.580. The van der Waals surface area contributed by atoms with Gasteiger partial charge in [0, 0.05) is 24.8 Å². The Morgan fingerprint density at radius 3 is 2.67 bits per heavy atom. The van der Waals surface area contributed by atoms with Crippen molar-refractivity contribution in [2.24, 2.45) is 11.8 Å². The summed E-state index contributed by atoms with van der Waals surface area (Å²) in [6.45, 7) is 5.39. The lowest BCUT2D eigenvalue weighted by atomic mass is 9.78. The highest BCUT2D eigenvalue weighted by Crippen LogP contribution is 2.32. The van der Waals surface area contributed by atoms with Crippen LogP contribution in [0.4, 0.5) is 0 Å².